The summed E-state index contributed by atoms with van der Waals surface area (Å²) < 4.78 is 28.9. The molecule has 10 heteroatoms. The van der Waals surface area contributed by atoms with Crippen LogP contribution in [0, 0.1) is 0 Å². The molecule has 1 fully saturated rings. The summed E-state index contributed by atoms with van der Waals surface area (Å²) in [4.78, 5) is 21.0. The number of rotatable bonds is 6. The Kier molecular flexibility index (Phi) is 5.42. The van der Waals surface area contributed by atoms with Gasteiger partial charge < -0.3 is 14.8 Å². The molecule has 0 bridgehead atoms. The summed E-state index contributed by atoms with van der Waals surface area (Å²) in [6.07, 6.45) is 7.53. The van der Waals surface area contributed by atoms with Gasteiger partial charge in [-0.25, -0.2) is 28.1 Å². The molecule has 3 aromatic heterocycles. The summed E-state index contributed by atoms with van der Waals surface area (Å²) >= 11 is 0. The van der Waals surface area contributed by atoms with Gasteiger partial charge in [0.25, 0.3) is 0 Å². The second kappa shape index (κ2) is 8.62. The fourth-order valence-corrected chi connectivity index (χ4v) is 6.42. The van der Waals surface area contributed by atoms with Crippen molar-refractivity contribution in [3.63, 3.8) is 0 Å². The topological polar surface area (TPSA) is 107 Å². The third kappa shape index (κ3) is 4.02. The first kappa shape index (κ1) is 22.0. The number of fused-ring (bicyclic) bond motifs is 2. The zero-order valence-corrected chi connectivity index (χ0v) is 20.2. The predicted molar refractivity (Wildman–Crippen MR) is 135 cm³/mol. The van der Waals surface area contributed by atoms with E-state index in [0.29, 0.717) is 0 Å². The molecule has 0 saturated carbocycles. The van der Waals surface area contributed by atoms with E-state index in [1.165, 1.54) is 11.8 Å². The average molecular weight is 490 g/mol. The highest BCUT2D eigenvalue weighted by molar-refractivity contribution is 7.89. The van der Waals surface area contributed by atoms with Gasteiger partial charge in [0.15, 0.2) is 0 Å². The number of benzene rings is 1. The number of nitrogens with zero attached hydrogens (tertiary/aromatic N) is 5. The van der Waals surface area contributed by atoms with Gasteiger partial charge in [-0.2, -0.15) is 0 Å². The van der Waals surface area contributed by atoms with E-state index >= 15 is 0 Å². The molecule has 4 aromatic rings. The Bertz CT molecular complexity index is 1470. The van der Waals surface area contributed by atoms with Gasteiger partial charge in [-0.3, -0.25) is 0 Å². The zero-order valence-electron chi connectivity index (χ0n) is 19.4. The van der Waals surface area contributed by atoms with Gasteiger partial charge in [0.2, 0.25) is 10.0 Å². The van der Waals surface area contributed by atoms with Crippen LogP contribution >= 0.6 is 0 Å². The van der Waals surface area contributed by atoms with Crippen LogP contribution < -0.4 is 14.5 Å². The molecule has 2 N–H and O–H groups in total. The lowest BCUT2D eigenvalue weighted by molar-refractivity contribution is 0.554. The summed E-state index contributed by atoms with van der Waals surface area (Å²) in [5.41, 5.74) is 3.10. The highest BCUT2D eigenvalue weighted by atomic mass is 32.2. The Hall–Kier alpha value is -3.50. The van der Waals surface area contributed by atoms with Gasteiger partial charge in [-0.15, -0.1) is 0 Å². The van der Waals surface area contributed by atoms with Crippen molar-refractivity contribution in [3.05, 3.63) is 72.3 Å². The molecule has 4 heterocycles. The number of hydrogen-bond donors (Lipinski definition) is 2. The SMILES string of the molecule is CN(c1ccc(S(=O)(=O)N[C@H]2CCc3ccccc32)cn1)[C@@H]1CCN(c2ncnc3[nH]ccc23)C1. The van der Waals surface area contributed by atoms with Crippen LogP contribution in [-0.4, -0.2) is 54.5 Å². The van der Waals surface area contributed by atoms with Crippen molar-refractivity contribution < 1.29 is 8.42 Å². The predicted octanol–water partition coefficient (Wildman–Crippen LogP) is 3.03. The number of aryl methyl sites for hydroxylation is 1. The average Bonchev–Trinajstić information content (AvgIpc) is 3.63. The minimum absolute atomic E-state index is 0.183. The van der Waals surface area contributed by atoms with Gasteiger partial charge >= 0.3 is 0 Å². The van der Waals surface area contributed by atoms with E-state index in [1.54, 1.807) is 18.5 Å². The molecule has 1 aromatic carbocycles. The number of pyridine rings is 1. The molecule has 1 aliphatic heterocycles. The van der Waals surface area contributed by atoms with Crippen LogP contribution in [0.25, 0.3) is 11.0 Å². The van der Waals surface area contributed by atoms with Crippen molar-refractivity contribution in [1.82, 2.24) is 24.7 Å². The van der Waals surface area contributed by atoms with Crippen molar-refractivity contribution >= 4 is 32.7 Å². The lowest BCUT2D eigenvalue weighted by Gasteiger charge is -2.26. The third-order valence-electron chi connectivity index (χ3n) is 7.17. The molecule has 0 radical (unpaired) electrons. The summed E-state index contributed by atoms with van der Waals surface area (Å²) in [6, 6.07) is 13.5. The van der Waals surface area contributed by atoms with Crippen molar-refractivity contribution in [2.75, 3.05) is 29.9 Å². The second-order valence-electron chi connectivity index (χ2n) is 9.20. The fraction of sp³-hybridized carbons (Fsp3) is 0.320. The lowest BCUT2D eigenvalue weighted by atomic mass is 10.1. The molecule has 180 valence electrons. The summed E-state index contributed by atoms with van der Waals surface area (Å²) in [5.74, 6) is 1.68. The maximum absolute atomic E-state index is 13.0. The number of nitrogens with one attached hydrogen (secondary N) is 2. The smallest absolute Gasteiger partial charge is 0.242 e. The van der Waals surface area contributed by atoms with Crippen molar-refractivity contribution in [2.24, 2.45) is 0 Å². The molecule has 1 saturated heterocycles. The Morgan fingerprint density at radius 1 is 1.09 bits per heavy atom. The van der Waals surface area contributed by atoms with E-state index in [2.05, 4.69) is 40.5 Å². The number of sulfonamides is 1. The number of likely N-dealkylation sites (N-methyl/N-ethyl adjacent to an activating group) is 1. The van der Waals surface area contributed by atoms with E-state index in [1.807, 2.05) is 37.5 Å². The molecule has 35 heavy (non-hydrogen) atoms. The summed E-state index contributed by atoms with van der Waals surface area (Å²) in [6.45, 7) is 1.68. The quantitative estimate of drug-likeness (QED) is 0.429. The van der Waals surface area contributed by atoms with Gasteiger partial charge in [0.1, 0.15) is 28.5 Å². The Labute approximate surface area is 204 Å². The van der Waals surface area contributed by atoms with Crippen LogP contribution in [0.4, 0.5) is 11.6 Å². The highest BCUT2D eigenvalue weighted by Gasteiger charge is 2.30. The van der Waals surface area contributed by atoms with E-state index in [4.69, 9.17) is 0 Å². The first-order chi connectivity index (χ1) is 17.0. The number of H-pyrrole nitrogens is 1. The third-order valence-corrected chi connectivity index (χ3v) is 8.62. The molecule has 6 rings (SSSR count). The largest absolute Gasteiger partial charge is 0.355 e. The van der Waals surface area contributed by atoms with Crippen LogP contribution in [-0.2, 0) is 16.4 Å². The fourth-order valence-electron chi connectivity index (χ4n) is 5.22. The van der Waals surface area contributed by atoms with E-state index in [-0.39, 0.29) is 17.0 Å². The Balaban J connectivity index is 1.14. The van der Waals surface area contributed by atoms with Crippen LogP contribution in [0.3, 0.4) is 0 Å². The zero-order chi connectivity index (χ0) is 24.0. The normalized spacial score (nSPS) is 19.9. The Morgan fingerprint density at radius 3 is 2.83 bits per heavy atom. The van der Waals surface area contributed by atoms with Gasteiger partial charge in [0.05, 0.1) is 5.39 Å². The molecule has 0 spiro atoms. The first-order valence-corrected chi connectivity index (χ1v) is 13.3. The van der Waals surface area contributed by atoms with E-state index < -0.39 is 10.0 Å². The lowest BCUT2D eigenvalue weighted by Crippen LogP contribution is -2.35. The molecular weight excluding hydrogens is 462 g/mol. The number of aromatic amines is 1. The molecule has 9 nitrogen and oxygen atoms in total. The van der Waals surface area contributed by atoms with Gasteiger partial charge in [0, 0.05) is 44.6 Å². The van der Waals surface area contributed by atoms with Crippen LogP contribution in [0.1, 0.15) is 30.0 Å². The second-order valence-corrected chi connectivity index (χ2v) is 10.9. The van der Waals surface area contributed by atoms with Crippen molar-refractivity contribution in [2.45, 2.75) is 36.2 Å². The standard InChI is InChI=1S/C25H27N7O2S/c1-31(18-11-13-32(15-18)25-21-10-12-26-24(21)28-16-29-25)23-9-7-19(14-27-23)35(33,34)30-22-8-6-17-4-2-3-5-20(17)22/h2-5,7,9-10,12,14,16,18,22,30H,6,8,11,13,15H2,1H3,(H,26,28,29)/t18-,22+/m1/s1. The maximum atomic E-state index is 13.0. The van der Waals surface area contributed by atoms with Crippen molar-refractivity contribution in [3.8, 4) is 0 Å². The molecule has 2 aliphatic rings. The van der Waals surface area contributed by atoms with E-state index in [9.17, 15) is 8.42 Å². The van der Waals surface area contributed by atoms with Crippen LogP contribution in [0.15, 0.2) is 66.1 Å². The summed E-state index contributed by atoms with van der Waals surface area (Å²) in [5, 5.41) is 1.01. The molecule has 0 unspecified atom stereocenters. The molecular formula is C25H27N7O2S. The Morgan fingerprint density at radius 2 is 1.97 bits per heavy atom. The van der Waals surface area contributed by atoms with Gasteiger partial charge in [-0.05, 0) is 48.6 Å². The summed E-state index contributed by atoms with van der Waals surface area (Å²) in [7, 11) is -1.66. The van der Waals surface area contributed by atoms with Gasteiger partial charge in [-0.1, -0.05) is 24.3 Å². The minimum Gasteiger partial charge on any atom is -0.355 e. The first-order valence-electron chi connectivity index (χ1n) is 11.8. The minimum atomic E-state index is -3.66. The van der Waals surface area contributed by atoms with Crippen LogP contribution in [0.2, 0.25) is 0 Å². The highest BCUT2D eigenvalue weighted by Crippen LogP contribution is 2.32. The molecule has 2 atom stereocenters. The van der Waals surface area contributed by atoms with Crippen molar-refractivity contribution in [1.29, 1.82) is 0 Å². The monoisotopic (exact) mass is 489 g/mol. The molecule has 0 amide bonds. The number of aromatic nitrogens is 4. The number of hydrogen-bond acceptors (Lipinski definition) is 7. The molecule has 1 aliphatic carbocycles. The van der Waals surface area contributed by atoms with Crippen LogP contribution in [0.5, 0.6) is 0 Å². The van der Waals surface area contributed by atoms with E-state index in [0.717, 1.165) is 60.6 Å². The number of anilines is 2. The maximum Gasteiger partial charge on any atom is 0.242 e.